The fourth-order valence-corrected chi connectivity index (χ4v) is 4.15. The number of carbonyl (C=O) groups excluding carboxylic acids is 1. The van der Waals surface area contributed by atoms with Crippen molar-refractivity contribution in [2.24, 2.45) is 0 Å². The van der Waals surface area contributed by atoms with E-state index in [0.29, 0.717) is 37.3 Å². The number of sulfonamides is 1. The Morgan fingerprint density at radius 2 is 2.00 bits per heavy atom. The summed E-state index contributed by atoms with van der Waals surface area (Å²) < 4.78 is 30.2. The number of benzene rings is 2. The van der Waals surface area contributed by atoms with Gasteiger partial charge in [-0.3, -0.25) is 4.31 Å². The highest BCUT2D eigenvalue weighted by Gasteiger charge is 2.26. The summed E-state index contributed by atoms with van der Waals surface area (Å²) in [6, 6.07) is 12.6. The van der Waals surface area contributed by atoms with Crippen LogP contribution in [0.5, 0.6) is 5.75 Å². The summed E-state index contributed by atoms with van der Waals surface area (Å²) in [4.78, 5) is 12.1. The largest absolute Gasteiger partial charge is 0.496 e. The van der Waals surface area contributed by atoms with Crippen molar-refractivity contribution in [2.75, 3.05) is 36.1 Å². The zero-order valence-electron chi connectivity index (χ0n) is 15.4. The van der Waals surface area contributed by atoms with Crippen LogP contribution in [0.25, 0.3) is 0 Å². The maximum atomic E-state index is 12.1. The first-order valence-electron chi connectivity index (χ1n) is 8.66. The second-order valence-corrected chi connectivity index (χ2v) is 8.28. The van der Waals surface area contributed by atoms with Gasteiger partial charge < -0.3 is 15.4 Å². The van der Waals surface area contributed by atoms with E-state index in [1.54, 1.807) is 19.2 Å². The van der Waals surface area contributed by atoms with Gasteiger partial charge in [-0.2, -0.15) is 0 Å². The molecule has 2 aromatic carbocycles. The molecule has 0 unspecified atom stereocenters. The molecule has 2 aromatic rings. The average molecular weight is 389 g/mol. The standard InChI is InChI=1S/C19H23N3O4S/c1-26-18-6-4-3-5-14(18)9-11-20-19(23)21-16-7-8-17-15(13-16)10-12-22(17)27(2,24)25/h3-8,13H,9-12H2,1-2H3,(H2,20,21,23). The van der Waals surface area contributed by atoms with Gasteiger partial charge >= 0.3 is 6.03 Å². The van der Waals surface area contributed by atoms with Gasteiger partial charge in [-0.15, -0.1) is 0 Å². The monoisotopic (exact) mass is 389 g/mol. The van der Waals surface area contributed by atoms with Crippen molar-refractivity contribution in [3.8, 4) is 5.75 Å². The molecule has 1 aliphatic rings. The number of carbonyl (C=O) groups is 1. The van der Waals surface area contributed by atoms with Crippen LogP contribution in [-0.2, 0) is 22.9 Å². The van der Waals surface area contributed by atoms with Crippen molar-refractivity contribution in [3.63, 3.8) is 0 Å². The van der Waals surface area contributed by atoms with E-state index in [-0.39, 0.29) is 6.03 Å². The predicted molar refractivity (Wildman–Crippen MR) is 106 cm³/mol. The second-order valence-electron chi connectivity index (χ2n) is 6.37. The first kappa shape index (κ1) is 19.0. The Kier molecular flexibility index (Phi) is 5.55. The molecule has 1 aliphatic heterocycles. The number of nitrogens with one attached hydrogen (secondary N) is 2. The fourth-order valence-electron chi connectivity index (χ4n) is 3.19. The maximum absolute atomic E-state index is 12.1. The molecular formula is C19H23N3O4S. The minimum Gasteiger partial charge on any atom is -0.496 e. The molecule has 0 saturated heterocycles. The highest BCUT2D eigenvalue weighted by molar-refractivity contribution is 7.92. The third-order valence-electron chi connectivity index (χ3n) is 4.46. The maximum Gasteiger partial charge on any atom is 0.319 e. The number of hydrogen-bond acceptors (Lipinski definition) is 4. The Hall–Kier alpha value is -2.74. The zero-order chi connectivity index (χ0) is 19.4. The normalized spacial score (nSPS) is 13.2. The minimum atomic E-state index is -3.27. The zero-order valence-corrected chi connectivity index (χ0v) is 16.2. The molecule has 2 amide bonds. The molecule has 2 N–H and O–H groups in total. The third kappa shape index (κ3) is 4.51. The highest BCUT2D eigenvalue weighted by Crippen LogP contribution is 2.32. The Labute approximate surface area is 159 Å². The molecule has 0 fully saturated rings. The summed E-state index contributed by atoms with van der Waals surface area (Å²) in [5.41, 5.74) is 3.25. The first-order valence-corrected chi connectivity index (χ1v) is 10.5. The average Bonchev–Trinajstić information content (AvgIpc) is 3.05. The second kappa shape index (κ2) is 7.87. The number of methoxy groups -OCH3 is 1. The fraction of sp³-hybridized carbons (Fsp3) is 0.316. The van der Waals surface area contributed by atoms with Gasteiger partial charge in [-0.1, -0.05) is 18.2 Å². The highest BCUT2D eigenvalue weighted by atomic mass is 32.2. The summed E-state index contributed by atoms with van der Waals surface area (Å²) >= 11 is 0. The van der Waals surface area contributed by atoms with E-state index in [2.05, 4.69) is 10.6 Å². The van der Waals surface area contributed by atoms with Crippen LogP contribution in [0.15, 0.2) is 42.5 Å². The number of urea groups is 1. The number of ether oxygens (including phenoxy) is 1. The van der Waals surface area contributed by atoms with E-state index in [0.717, 1.165) is 16.9 Å². The first-order chi connectivity index (χ1) is 12.9. The molecule has 8 heteroatoms. The van der Waals surface area contributed by atoms with Gasteiger partial charge in [0, 0.05) is 18.8 Å². The van der Waals surface area contributed by atoms with Crippen molar-refractivity contribution in [3.05, 3.63) is 53.6 Å². The van der Waals surface area contributed by atoms with Gasteiger partial charge in [0.25, 0.3) is 0 Å². The lowest BCUT2D eigenvalue weighted by Crippen LogP contribution is -2.30. The quantitative estimate of drug-likeness (QED) is 0.794. The molecule has 0 saturated carbocycles. The number of anilines is 2. The lowest BCUT2D eigenvalue weighted by Gasteiger charge is -2.16. The Balaban J connectivity index is 1.56. The van der Waals surface area contributed by atoms with Crippen LogP contribution in [0.3, 0.4) is 0 Å². The number of rotatable bonds is 6. The van der Waals surface area contributed by atoms with Crippen molar-refractivity contribution in [1.82, 2.24) is 5.32 Å². The molecule has 3 rings (SSSR count). The van der Waals surface area contributed by atoms with E-state index < -0.39 is 10.0 Å². The lowest BCUT2D eigenvalue weighted by molar-refractivity contribution is 0.252. The van der Waals surface area contributed by atoms with Crippen molar-refractivity contribution < 1.29 is 17.9 Å². The summed E-state index contributed by atoms with van der Waals surface area (Å²) in [5.74, 6) is 0.800. The molecule has 27 heavy (non-hydrogen) atoms. The van der Waals surface area contributed by atoms with Gasteiger partial charge in [0.15, 0.2) is 0 Å². The number of hydrogen-bond donors (Lipinski definition) is 2. The number of fused-ring (bicyclic) bond motifs is 1. The summed E-state index contributed by atoms with van der Waals surface area (Å²) in [6.07, 6.45) is 2.49. The van der Waals surface area contributed by atoms with E-state index in [1.807, 2.05) is 30.3 Å². The van der Waals surface area contributed by atoms with Crippen LogP contribution >= 0.6 is 0 Å². The van der Waals surface area contributed by atoms with Crippen LogP contribution in [0.4, 0.5) is 16.2 Å². The molecular weight excluding hydrogens is 366 g/mol. The van der Waals surface area contributed by atoms with Crippen LogP contribution in [0.2, 0.25) is 0 Å². The Bertz CT molecular complexity index is 944. The van der Waals surface area contributed by atoms with E-state index in [9.17, 15) is 13.2 Å². The molecule has 7 nitrogen and oxygen atoms in total. The lowest BCUT2D eigenvalue weighted by atomic mass is 10.1. The van der Waals surface area contributed by atoms with Gasteiger partial charge in [0.1, 0.15) is 5.75 Å². The van der Waals surface area contributed by atoms with Gasteiger partial charge in [0.2, 0.25) is 10.0 Å². The molecule has 0 spiro atoms. The van der Waals surface area contributed by atoms with E-state index in [4.69, 9.17) is 4.74 Å². The van der Waals surface area contributed by atoms with Gasteiger partial charge in [-0.25, -0.2) is 13.2 Å². The third-order valence-corrected chi connectivity index (χ3v) is 5.64. The Morgan fingerprint density at radius 1 is 1.22 bits per heavy atom. The number of amides is 2. The molecule has 0 radical (unpaired) electrons. The smallest absolute Gasteiger partial charge is 0.319 e. The van der Waals surface area contributed by atoms with Crippen molar-refractivity contribution in [1.29, 1.82) is 0 Å². The van der Waals surface area contributed by atoms with Crippen molar-refractivity contribution >= 4 is 27.4 Å². The van der Waals surface area contributed by atoms with Crippen LogP contribution in [0, 0.1) is 0 Å². The van der Waals surface area contributed by atoms with Crippen LogP contribution < -0.4 is 19.7 Å². The van der Waals surface area contributed by atoms with Crippen LogP contribution in [0.1, 0.15) is 11.1 Å². The minimum absolute atomic E-state index is 0.303. The Morgan fingerprint density at radius 3 is 2.74 bits per heavy atom. The topological polar surface area (TPSA) is 87.7 Å². The molecule has 144 valence electrons. The summed E-state index contributed by atoms with van der Waals surface area (Å²) in [7, 11) is -1.65. The van der Waals surface area contributed by atoms with E-state index in [1.165, 1.54) is 10.6 Å². The molecule has 0 bridgehead atoms. The molecule has 0 aromatic heterocycles. The summed E-state index contributed by atoms with van der Waals surface area (Å²) in [5, 5.41) is 5.61. The molecule has 0 aliphatic carbocycles. The number of nitrogens with zero attached hydrogens (tertiary/aromatic N) is 1. The summed E-state index contributed by atoms with van der Waals surface area (Å²) in [6.45, 7) is 0.904. The van der Waals surface area contributed by atoms with Crippen LogP contribution in [-0.4, -0.2) is 40.9 Å². The molecule has 0 atom stereocenters. The van der Waals surface area contributed by atoms with E-state index >= 15 is 0 Å². The number of para-hydroxylation sites is 1. The SMILES string of the molecule is COc1ccccc1CCNC(=O)Nc1ccc2c(c1)CCN2S(C)(=O)=O. The van der Waals surface area contributed by atoms with Gasteiger partial charge in [0.05, 0.1) is 19.1 Å². The van der Waals surface area contributed by atoms with Crippen molar-refractivity contribution in [2.45, 2.75) is 12.8 Å². The predicted octanol–water partition coefficient (Wildman–Crippen LogP) is 2.38. The molecule has 1 heterocycles. The van der Waals surface area contributed by atoms with Gasteiger partial charge in [-0.05, 0) is 48.2 Å².